The molecule has 0 fully saturated rings. The third-order valence-corrected chi connectivity index (χ3v) is 2.79. The molecule has 0 radical (unpaired) electrons. The van der Waals surface area contributed by atoms with Gasteiger partial charge in [0.1, 0.15) is 12.1 Å². The summed E-state index contributed by atoms with van der Waals surface area (Å²) >= 11 is 0. The number of carbonyl (C=O) groups is 1. The first kappa shape index (κ1) is 13.0. The van der Waals surface area contributed by atoms with Crippen molar-refractivity contribution in [3.63, 3.8) is 0 Å². The van der Waals surface area contributed by atoms with Crippen molar-refractivity contribution >= 4 is 17.4 Å². The Bertz CT molecular complexity index is 792. The number of anilines is 1. The van der Waals surface area contributed by atoms with Gasteiger partial charge in [0.2, 0.25) is 5.82 Å². The van der Waals surface area contributed by atoms with Gasteiger partial charge >= 0.3 is 5.97 Å². The molecule has 0 spiro atoms. The number of carbonyl (C=O) groups excluding carboxylic acids is 1. The lowest BCUT2D eigenvalue weighted by molar-refractivity contribution is 0.0587. The summed E-state index contributed by atoms with van der Waals surface area (Å²) in [4.78, 5) is 24.0. The molecule has 0 amide bonds. The summed E-state index contributed by atoms with van der Waals surface area (Å²) in [6, 6.07) is 0. The van der Waals surface area contributed by atoms with E-state index < -0.39 is 5.97 Å². The zero-order valence-corrected chi connectivity index (χ0v) is 11.5. The summed E-state index contributed by atoms with van der Waals surface area (Å²) in [5.74, 6) is 0.517. The molecule has 0 saturated carbocycles. The fourth-order valence-corrected chi connectivity index (χ4v) is 1.89. The Morgan fingerprint density at radius 2 is 2.29 bits per heavy atom. The van der Waals surface area contributed by atoms with Gasteiger partial charge < -0.3 is 14.5 Å². The smallest absolute Gasteiger partial charge is 0.377 e. The second-order valence-electron chi connectivity index (χ2n) is 4.14. The summed E-state index contributed by atoms with van der Waals surface area (Å²) < 4.78 is 7.81. The van der Waals surface area contributed by atoms with Crippen molar-refractivity contribution in [2.75, 3.05) is 19.0 Å². The second-order valence-corrected chi connectivity index (χ2v) is 4.14. The van der Waals surface area contributed by atoms with Crippen LogP contribution in [-0.2, 0) is 4.74 Å². The fourth-order valence-electron chi connectivity index (χ4n) is 1.89. The van der Waals surface area contributed by atoms with E-state index in [4.69, 9.17) is 0 Å². The van der Waals surface area contributed by atoms with Gasteiger partial charge in [0.05, 0.1) is 13.3 Å². The summed E-state index contributed by atoms with van der Waals surface area (Å²) in [6.07, 6.45) is 6.69. The van der Waals surface area contributed by atoms with Gasteiger partial charge in [-0.3, -0.25) is 0 Å². The van der Waals surface area contributed by atoms with E-state index in [0.717, 1.165) is 6.54 Å². The van der Waals surface area contributed by atoms with Gasteiger partial charge in [-0.1, -0.05) is 0 Å². The molecule has 0 unspecified atom stereocenters. The number of nitrogens with zero attached hydrogens (tertiary/aromatic N) is 6. The number of methoxy groups -OCH3 is 1. The number of fused-ring (bicyclic) bond motifs is 1. The second kappa shape index (κ2) is 5.19. The monoisotopic (exact) mass is 287 g/mol. The number of rotatable bonds is 4. The Balaban J connectivity index is 2.12. The van der Waals surface area contributed by atoms with Crippen LogP contribution < -0.4 is 5.32 Å². The van der Waals surface area contributed by atoms with Gasteiger partial charge in [-0.25, -0.2) is 19.7 Å². The average Bonchev–Trinajstić information content (AvgIpc) is 3.14. The third kappa shape index (κ3) is 2.29. The lowest BCUT2D eigenvalue weighted by Gasteiger charge is -2.07. The molecule has 0 bridgehead atoms. The Morgan fingerprint density at radius 1 is 1.43 bits per heavy atom. The van der Waals surface area contributed by atoms with Crippen LogP contribution in [0.2, 0.25) is 0 Å². The van der Waals surface area contributed by atoms with E-state index in [1.165, 1.54) is 18.1 Å². The standard InChI is InChI=1S/C12H13N7O2/c1-3-13-8-6-18-5-4-14-10(18)11(16-8)19-7-15-9(17-19)12(20)21-2/h4-7,13H,3H2,1-2H3. The van der Waals surface area contributed by atoms with Gasteiger partial charge in [-0.2, -0.15) is 4.68 Å². The van der Waals surface area contributed by atoms with Crippen molar-refractivity contribution in [3.8, 4) is 5.82 Å². The molecule has 3 aromatic rings. The largest absolute Gasteiger partial charge is 0.463 e. The van der Waals surface area contributed by atoms with Crippen molar-refractivity contribution in [3.05, 3.63) is 30.7 Å². The average molecular weight is 287 g/mol. The predicted molar refractivity (Wildman–Crippen MR) is 73.4 cm³/mol. The number of hydrogen-bond acceptors (Lipinski definition) is 7. The number of esters is 1. The summed E-state index contributed by atoms with van der Waals surface area (Å²) in [6.45, 7) is 2.71. The first-order valence-electron chi connectivity index (χ1n) is 6.31. The highest BCUT2D eigenvalue weighted by molar-refractivity contribution is 5.84. The van der Waals surface area contributed by atoms with Crippen LogP contribution in [0.15, 0.2) is 24.9 Å². The van der Waals surface area contributed by atoms with Gasteiger partial charge in [0.25, 0.3) is 5.82 Å². The molecule has 108 valence electrons. The van der Waals surface area contributed by atoms with Crippen LogP contribution in [0.1, 0.15) is 17.5 Å². The van der Waals surface area contributed by atoms with Crippen LogP contribution in [0, 0.1) is 0 Å². The highest BCUT2D eigenvalue weighted by Gasteiger charge is 2.15. The maximum atomic E-state index is 11.4. The van der Waals surface area contributed by atoms with Crippen molar-refractivity contribution in [1.82, 2.24) is 29.1 Å². The van der Waals surface area contributed by atoms with Gasteiger partial charge in [0, 0.05) is 18.9 Å². The van der Waals surface area contributed by atoms with E-state index in [1.54, 1.807) is 12.4 Å². The molecule has 0 aromatic carbocycles. The Kier molecular flexibility index (Phi) is 3.22. The van der Waals surface area contributed by atoms with Crippen LogP contribution in [0.25, 0.3) is 11.5 Å². The van der Waals surface area contributed by atoms with Crippen LogP contribution >= 0.6 is 0 Å². The first-order chi connectivity index (χ1) is 10.2. The highest BCUT2D eigenvalue weighted by atomic mass is 16.5. The molecule has 3 heterocycles. The van der Waals surface area contributed by atoms with Gasteiger partial charge in [-0.05, 0) is 6.92 Å². The third-order valence-electron chi connectivity index (χ3n) is 2.79. The van der Waals surface area contributed by atoms with E-state index in [0.29, 0.717) is 17.3 Å². The Hall–Kier alpha value is -2.97. The Morgan fingerprint density at radius 3 is 3.05 bits per heavy atom. The predicted octanol–water partition coefficient (Wildman–Crippen LogP) is 0.528. The van der Waals surface area contributed by atoms with Crippen molar-refractivity contribution in [1.29, 1.82) is 0 Å². The van der Waals surface area contributed by atoms with Crippen LogP contribution in [0.3, 0.4) is 0 Å². The zero-order chi connectivity index (χ0) is 14.8. The molecule has 21 heavy (non-hydrogen) atoms. The summed E-state index contributed by atoms with van der Waals surface area (Å²) in [7, 11) is 1.28. The highest BCUT2D eigenvalue weighted by Crippen LogP contribution is 2.15. The van der Waals surface area contributed by atoms with E-state index >= 15 is 0 Å². The fraction of sp³-hybridized carbons (Fsp3) is 0.250. The molecule has 0 aliphatic carbocycles. The van der Waals surface area contributed by atoms with Crippen molar-refractivity contribution < 1.29 is 9.53 Å². The number of nitrogens with one attached hydrogen (secondary N) is 1. The van der Waals surface area contributed by atoms with Crippen LogP contribution in [-0.4, -0.2) is 48.8 Å². The minimum atomic E-state index is -0.601. The van der Waals surface area contributed by atoms with Crippen molar-refractivity contribution in [2.24, 2.45) is 0 Å². The van der Waals surface area contributed by atoms with E-state index in [2.05, 4.69) is 30.1 Å². The van der Waals surface area contributed by atoms with E-state index in [9.17, 15) is 4.79 Å². The van der Waals surface area contributed by atoms with Gasteiger partial charge in [0.15, 0.2) is 5.65 Å². The quantitative estimate of drug-likeness (QED) is 0.698. The Labute approximate surface area is 119 Å². The minimum Gasteiger partial charge on any atom is -0.463 e. The van der Waals surface area contributed by atoms with Crippen LogP contribution in [0.5, 0.6) is 0 Å². The lowest BCUT2D eigenvalue weighted by atomic mass is 10.5. The normalized spacial score (nSPS) is 10.8. The molecular weight excluding hydrogens is 274 g/mol. The maximum Gasteiger partial charge on any atom is 0.377 e. The molecule has 0 saturated heterocycles. The molecule has 3 rings (SSSR count). The topological polar surface area (TPSA) is 99.2 Å². The zero-order valence-electron chi connectivity index (χ0n) is 11.5. The molecule has 1 N–H and O–H groups in total. The SMILES string of the molecule is CCNc1cn2ccnc2c(-n2cnc(C(=O)OC)n2)n1. The molecule has 0 aliphatic heterocycles. The van der Waals surface area contributed by atoms with E-state index in [1.807, 2.05) is 17.5 Å². The number of ether oxygens (including phenoxy) is 1. The van der Waals surface area contributed by atoms with Gasteiger partial charge in [-0.15, -0.1) is 5.10 Å². The van der Waals surface area contributed by atoms with E-state index in [-0.39, 0.29) is 5.82 Å². The maximum absolute atomic E-state index is 11.4. The van der Waals surface area contributed by atoms with Crippen molar-refractivity contribution in [2.45, 2.75) is 6.92 Å². The minimum absolute atomic E-state index is 0.0298. The molecular formula is C12H13N7O2. The molecule has 9 nitrogen and oxygen atoms in total. The lowest BCUT2D eigenvalue weighted by Crippen LogP contribution is -2.09. The number of aromatic nitrogens is 6. The number of hydrogen-bond donors (Lipinski definition) is 1. The first-order valence-corrected chi connectivity index (χ1v) is 6.31. The molecule has 3 aromatic heterocycles. The van der Waals surface area contributed by atoms with Crippen LogP contribution in [0.4, 0.5) is 5.82 Å². The molecule has 0 aliphatic rings. The number of imidazole rings is 1. The summed E-state index contributed by atoms with van der Waals surface area (Å²) in [5, 5.41) is 7.20. The summed E-state index contributed by atoms with van der Waals surface area (Å²) in [5.41, 5.74) is 0.609. The molecule has 9 heteroatoms. The molecule has 0 atom stereocenters.